The molecule has 1 amide bonds. The van der Waals surface area contributed by atoms with E-state index in [9.17, 15) is 4.79 Å². The number of benzene rings is 1. The average molecular weight is 290 g/mol. The van der Waals surface area contributed by atoms with Crippen LogP contribution in [0.5, 0.6) is 0 Å². The van der Waals surface area contributed by atoms with E-state index in [1.54, 1.807) is 4.90 Å². The van der Waals surface area contributed by atoms with Crippen molar-refractivity contribution in [1.82, 2.24) is 20.1 Å². The molecule has 1 aromatic heterocycles. The third kappa shape index (κ3) is 4.09. The van der Waals surface area contributed by atoms with Gasteiger partial charge in [-0.1, -0.05) is 43.0 Å². The third-order valence-corrected chi connectivity index (χ3v) is 3.86. The van der Waals surface area contributed by atoms with Crippen LogP contribution in [0.25, 0.3) is 0 Å². The summed E-state index contributed by atoms with van der Waals surface area (Å²) in [6.45, 7) is 2.76. The Morgan fingerprint density at radius 3 is 2.60 bits per heavy atom. The molecule has 5 nitrogen and oxygen atoms in total. The van der Waals surface area contributed by atoms with Crippen LogP contribution in [0.3, 0.4) is 0 Å². The van der Waals surface area contributed by atoms with Gasteiger partial charge in [-0.05, 0) is 17.5 Å². The Morgan fingerprint density at radius 1 is 1.30 bits per heavy atom. The lowest BCUT2D eigenvalue weighted by Gasteiger charge is -2.17. The average Bonchev–Trinajstić information content (AvgIpc) is 2.98. The second-order valence-electron chi connectivity index (χ2n) is 4.50. The van der Waals surface area contributed by atoms with Crippen molar-refractivity contribution in [2.75, 3.05) is 12.8 Å². The summed E-state index contributed by atoms with van der Waals surface area (Å²) in [5, 5.41) is 7.14. The standard InChI is InChI=1S/C14H18N4OS/c1-3-11-4-6-12(7-5-11)8-18(2)13(19)9-20-14-15-10-16-17-14/h4-7,10H,3,8-9H2,1-2H3,(H,15,16,17). The van der Waals surface area contributed by atoms with Gasteiger partial charge in [0, 0.05) is 13.6 Å². The van der Waals surface area contributed by atoms with E-state index in [0.29, 0.717) is 17.5 Å². The molecule has 0 aliphatic carbocycles. The minimum Gasteiger partial charge on any atom is -0.341 e. The number of aromatic amines is 1. The highest BCUT2D eigenvalue weighted by atomic mass is 32.2. The van der Waals surface area contributed by atoms with E-state index in [1.807, 2.05) is 7.05 Å². The fraction of sp³-hybridized carbons (Fsp3) is 0.357. The van der Waals surface area contributed by atoms with Crippen molar-refractivity contribution in [3.63, 3.8) is 0 Å². The Labute approximate surface area is 122 Å². The van der Waals surface area contributed by atoms with Gasteiger partial charge >= 0.3 is 0 Å². The Balaban J connectivity index is 1.83. The van der Waals surface area contributed by atoms with Gasteiger partial charge in [-0.15, -0.1) is 0 Å². The van der Waals surface area contributed by atoms with Crippen LogP contribution in [0.1, 0.15) is 18.1 Å². The second-order valence-corrected chi connectivity index (χ2v) is 5.46. The molecule has 106 valence electrons. The molecule has 0 saturated heterocycles. The first-order valence-electron chi connectivity index (χ1n) is 6.49. The zero-order valence-electron chi connectivity index (χ0n) is 11.7. The number of carbonyl (C=O) groups is 1. The predicted octanol–water partition coefficient (Wildman–Crippen LogP) is 2.12. The molecule has 0 saturated carbocycles. The molecule has 0 aliphatic heterocycles. The lowest BCUT2D eigenvalue weighted by atomic mass is 10.1. The van der Waals surface area contributed by atoms with Gasteiger partial charge in [0.05, 0.1) is 5.75 Å². The van der Waals surface area contributed by atoms with Crippen molar-refractivity contribution < 1.29 is 4.79 Å². The third-order valence-electron chi connectivity index (χ3n) is 3.00. The highest BCUT2D eigenvalue weighted by molar-refractivity contribution is 7.99. The first-order valence-corrected chi connectivity index (χ1v) is 7.47. The monoisotopic (exact) mass is 290 g/mol. The number of nitrogens with zero attached hydrogens (tertiary/aromatic N) is 3. The van der Waals surface area contributed by atoms with Crippen molar-refractivity contribution >= 4 is 17.7 Å². The minimum absolute atomic E-state index is 0.0750. The number of rotatable bonds is 6. The maximum Gasteiger partial charge on any atom is 0.233 e. The summed E-state index contributed by atoms with van der Waals surface area (Å²) >= 11 is 1.36. The molecule has 1 heterocycles. The Bertz CT molecular complexity index is 539. The van der Waals surface area contributed by atoms with Gasteiger partial charge in [-0.3, -0.25) is 9.89 Å². The molecule has 0 bridgehead atoms. The van der Waals surface area contributed by atoms with E-state index >= 15 is 0 Å². The quantitative estimate of drug-likeness (QED) is 0.828. The van der Waals surface area contributed by atoms with E-state index < -0.39 is 0 Å². The van der Waals surface area contributed by atoms with Gasteiger partial charge < -0.3 is 4.90 Å². The van der Waals surface area contributed by atoms with E-state index in [-0.39, 0.29) is 5.91 Å². The zero-order chi connectivity index (χ0) is 14.4. The normalized spacial score (nSPS) is 10.5. The van der Waals surface area contributed by atoms with Crippen molar-refractivity contribution in [1.29, 1.82) is 0 Å². The number of amides is 1. The topological polar surface area (TPSA) is 61.9 Å². The van der Waals surface area contributed by atoms with Gasteiger partial charge in [0.1, 0.15) is 6.33 Å². The van der Waals surface area contributed by atoms with E-state index in [0.717, 1.165) is 12.0 Å². The summed E-state index contributed by atoms with van der Waals surface area (Å²) in [7, 11) is 1.82. The van der Waals surface area contributed by atoms with Crippen LogP contribution in [0.4, 0.5) is 0 Å². The number of hydrogen-bond acceptors (Lipinski definition) is 4. The smallest absolute Gasteiger partial charge is 0.233 e. The first kappa shape index (κ1) is 14.6. The second kappa shape index (κ2) is 7.09. The molecule has 0 aliphatic rings. The van der Waals surface area contributed by atoms with Crippen LogP contribution in [-0.2, 0) is 17.8 Å². The molecule has 0 spiro atoms. The molecular formula is C14H18N4OS. The maximum absolute atomic E-state index is 12.0. The summed E-state index contributed by atoms with van der Waals surface area (Å²) < 4.78 is 0. The van der Waals surface area contributed by atoms with Gasteiger partial charge in [-0.2, -0.15) is 5.10 Å². The summed E-state index contributed by atoms with van der Waals surface area (Å²) in [5.74, 6) is 0.435. The Hall–Kier alpha value is -1.82. The van der Waals surface area contributed by atoms with Crippen LogP contribution in [0.2, 0.25) is 0 Å². The minimum atomic E-state index is 0.0750. The highest BCUT2D eigenvalue weighted by Crippen LogP contribution is 2.13. The molecule has 20 heavy (non-hydrogen) atoms. The van der Waals surface area contributed by atoms with Gasteiger partial charge in [0.2, 0.25) is 5.91 Å². The van der Waals surface area contributed by atoms with Gasteiger partial charge in [0.15, 0.2) is 5.16 Å². The number of carbonyl (C=O) groups excluding carboxylic acids is 1. The maximum atomic E-state index is 12.0. The van der Waals surface area contributed by atoms with Crippen molar-refractivity contribution in [3.8, 4) is 0 Å². The van der Waals surface area contributed by atoms with Crippen molar-refractivity contribution in [2.24, 2.45) is 0 Å². The Morgan fingerprint density at radius 2 is 2.00 bits per heavy atom. The summed E-state index contributed by atoms with van der Waals surface area (Å²) in [6, 6.07) is 8.37. The van der Waals surface area contributed by atoms with Crippen LogP contribution in [0.15, 0.2) is 35.7 Å². The van der Waals surface area contributed by atoms with Crippen LogP contribution in [-0.4, -0.2) is 38.8 Å². The number of aromatic nitrogens is 3. The molecule has 2 aromatic rings. The SMILES string of the molecule is CCc1ccc(CN(C)C(=O)CSc2ncn[nH]2)cc1. The number of nitrogens with one attached hydrogen (secondary N) is 1. The molecule has 0 atom stereocenters. The molecule has 0 unspecified atom stereocenters. The van der Waals surface area contributed by atoms with Crippen LogP contribution in [0, 0.1) is 0 Å². The number of thioether (sulfide) groups is 1. The summed E-state index contributed by atoms with van der Waals surface area (Å²) in [4.78, 5) is 17.7. The predicted molar refractivity (Wildman–Crippen MR) is 79.4 cm³/mol. The largest absolute Gasteiger partial charge is 0.341 e. The van der Waals surface area contributed by atoms with Crippen LogP contribution >= 0.6 is 11.8 Å². The molecule has 1 N–H and O–H groups in total. The van der Waals surface area contributed by atoms with E-state index in [1.165, 1.54) is 23.7 Å². The number of hydrogen-bond donors (Lipinski definition) is 1. The lowest BCUT2D eigenvalue weighted by Crippen LogP contribution is -2.27. The zero-order valence-corrected chi connectivity index (χ0v) is 12.5. The van der Waals surface area contributed by atoms with Crippen molar-refractivity contribution in [3.05, 3.63) is 41.7 Å². The molecule has 2 rings (SSSR count). The number of aryl methyl sites for hydroxylation is 1. The van der Waals surface area contributed by atoms with Crippen LogP contribution < -0.4 is 0 Å². The Kier molecular flexibility index (Phi) is 5.17. The van der Waals surface area contributed by atoms with Crippen molar-refractivity contribution in [2.45, 2.75) is 25.0 Å². The molecule has 1 aromatic carbocycles. The molecule has 0 radical (unpaired) electrons. The fourth-order valence-electron chi connectivity index (χ4n) is 1.75. The van der Waals surface area contributed by atoms with Gasteiger partial charge in [-0.25, -0.2) is 4.98 Å². The van der Waals surface area contributed by atoms with E-state index in [2.05, 4.69) is 46.4 Å². The van der Waals surface area contributed by atoms with E-state index in [4.69, 9.17) is 0 Å². The number of H-pyrrole nitrogens is 1. The molecule has 6 heteroatoms. The lowest BCUT2D eigenvalue weighted by molar-refractivity contribution is -0.127. The summed E-state index contributed by atoms with van der Waals surface area (Å²) in [6.07, 6.45) is 2.47. The first-order chi connectivity index (χ1) is 9.69. The molecule has 0 fully saturated rings. The fourth-order valence-corrected chi connectivity index (χ4v) is 2.47. The highest BCUT2D eigenvalue weighted by Gasteiger charge is 2.10. The van der Waals surface area contributed by atoms with Gasteiger partial charge in [0.25, 0.3) is 0 Å². The molecular weight excluding hydrogens is 272 g/mol. The summed E-state index contributed by atoms with van der Waals surface area (Å²) in [5.41, 5.74) is 2.45.